The first-order valence-corrected chi connectivity index (χ1v) is 8.14. The lowest BCUT2D eigenvalue weighted by Gasteiger charge is -2.37. The predicted molar refractivity (Wildman–Crippen MR) is 81.9 cm³/mol. The number of fused-ring (bicyclic) bond motifs is 1. The number of anilines is 1. The zero-order valence-corrected chi connectivity index (χ0v) is 12.5. The molecule has 3 rings (SSSR count). The van der Waals surface area contributed by atoms with Gasteiger partial charge in [-0.15, -0.1) is 0 Å². The highest BCUT2D eigenvalue weighted by atomic mass is 15.2. The molecule has 2 aliphatic carbocycles. The van der Waals surface area contributed by atoms with E-state index in [2.05, 4.69) is 21.8 Å². The summed E-state index contributed by atoms with van der Waals surface area (Å²) in [6.07, 6.45) is 11.2. The molecule has 1 aromatic rings. The van der Waals surface area contributed by atoms with Crippen molar-refractivity contribution in [2.75, 3.05) is 11.4 Å². The first-order chi connectivity index (χ1) is 9.79. The van der Waals surface area contributed by atoms with E-state index in [9.17, 15) is 0 Å². The molecule has 0 unspecified atom stereocenters. The van der Waals surface area contributed by atoms with E-state index in [1.165, 1.54) is 42.8 Å². The van der Waals surface area contributed by atoms with Crippen molar-refractivity contribution in [1.82, 2.24) is 9.97 Å². The Morgan fingerprint density at radius 1 is 1.20 bits per heavy atom. The third-order valence-electron chi connectivity index (χ3n) is 4.77. The molecule has 1 fully saturated rings. The van der Waals surface area contributed by atoms with Gasteiger partial charge in [0.15, 0.2) is 0 Å². The first kappa shape index (κ1) is 13.8. The van der Waals surface area contributed by atoms with Crippen molar-refractivity contribution in [3.05, 3.63) is 17.6 Å². The van der Waals surface area contributed by atoms with E-state index < -0.39 is 0 Å². The Balaban J connectivity index is 1.85. The summed E-state index contributed by atoms with van der Waals surface area (Å²) in [5.74, 6) is 1.22. The van der Waals surface area contributed by atoms with Gasteiger partial charge >= 0.3 is 0 Å². The summed E-state index contributed by atoms with van der Waals surface area (Å²) in [5, 5.41) is 0. The molecule has 0 atom stereocenters. The van der Waals surface area contributed by atoms with Gasteiger partial charge in [-0.2, -0.15) is 0 Å². The lowest BCUT2D eigenvalue weighted by Crippen LogP contribution is -2.42. The third kappa shape index (κ3) is 2.66. The Morgan fingerprint density at radius 3 is 2.75 bits per heavy atom. The summed E-state index contributed by atoms with van der Waals surface area (Å²) in [6, 6.07) is 1.03. The Bertz CT molecular complexity index is 452. The van der Waals surface area contributed by atoms with E-state index in [4.69, 9.17) is 5.73 Å². The van der Waals surface area contributed by atoms with E-state index in [-0.39, 0.29) is 0 Å². The van der Waals surface area contributed by atoms with Crippen molar-refractivity contribution >= 4 is 5.82 Å². The molecule has 4 nitrogen and oxygen atoms in total. The predicted octanol–water partition coefficient (Wildman–Crippen LogP) is 2.45. The molecule has 0 aliphatic heterocycles. The molecule has 20 heavy (non-hydrogen) atoms. The monoisotopic (exact) mass is 274 g/mol. The van der Waals surface area contributed by atoms with E-state index in [0.717, 1.165) is 32.2 Å². The summed E-state index contributed by atoms with van der Waals surface area (Å²) in [5.41, 5.74) is 8.75. The maximum atomic E-state index is 6.06. The average molecular weight is 274 g/mol. The fraction of sp³-hybridized carbons (Fsp3) is 0.750. The highest BCUT2D eigenvalue weighted by Gasteiger charge is 2.28. The Labute approximate surface area is 121 Å². The topological polar surface area (TPSA) is 55.0 Å². The number of hydrogen-bond acceptors (Lipinski definition) is 4. The van der Waals surface area contributed by atoms with Gasteiger partial charge in [0.05, 0.1) is 0 Å². The molecule has 0 radical (unpaired) electrons. The maximum absolute atomic E-state index is 6.06. The minimum absolute atomic E-state index is 0.408. The standard InChI is InChI=1S/C16H26N4/c1-2-10-20(13-8-6-12(17)7-9-13)16-14-4-3-5-15(14)18-11-19-16/h11-13H,2-10,17H2,1H3. The second-order valence-corrected chi connectivity index (χ2v) is 6.24. The van der Waals surface area contributed by atoms with Crippen LogP contribution in [0.25, 0.3) is 0 Å². The van der Waals surface area contributed by atoms with Crippen molar-refractivity contribution in [3.63, 3.8) is 0 Å². The molecule has 0 saturated heterocycles. The van der Waals surface area contributed by atoms with Gasteiger partial charge in [-0.05, 0) is 51.4 Å². The van der Waals surface area contributed by atoms with Crippen molar-refractivity contribution in [1.29, 1.82) is 0 Å². The Hall–Kier alpha value is -1.16. The highest BCUT2D eigenvalue weighted by Crippen LogP contribution is 2.32. The van der Waals surface area contributed by atoms with Gasteiger partial charge in [-0.25, -0.2) is 9.97 Å². The van der Waals surface area contributed by atoms with Gasteiger partial charge in [-0.3, -0.25) is 0 Å². The summed E-state index contributed by atoms with van der Waals surface area (Å²) in [6.45, 7) is 3.35. The number of aryl methyl sites for hydroxylation is 1. The summed E-state index contributed by atoms with van der Waals surface area (Å²) in [4.78, 5) is 11.7. The third-order valence-corrected chi connectivity index (χ3v) is 4.77. The Kier molecular flexibility index (Phi) is 4.20. The molecular weight excluding hydrogens is 248 g/mol. The fourth-order valence-electron chi connectivity index (χ4n) is 3.71. The molecule has 0 aromatic carbocycles. The lowest BCUT2D eigenvalue weighted by molar-refractivity contribution is 0.373. The molecule has 1 aromatic heterocycles. The van der Waals surface area contributed by atoms with Gasteiger partial charge in [-0.1, -0.05) is 6.92 Å². The molecule has 2 N–H and O–H groups in total. The van der Waals surface area contributed by atoms with Crippen LogP contribution in [0.2, 0.25) is 0 Å². The molecular formula is C16H26N4. The first-order valence-electron chi connectivity index (χ1n) is 8.14. The SMILES string of the molecule is CCCN(c1ncnc2c1CCC2)C1CCC(N)CC1. The normalized spacial score (nSPS) is 25.5. The van der Waals surface area contributed by atoms with Crippen molar-refractivity contribution < 1.29 is 0 Å². The molecule has 0 bridgehead atoms. The smallest absolute Gasteiger partial charge is 0.135 e. The van der Waals surface area contributed by atoms with Gasteiger partial charge in [0.25, 0.3) is 0 Å². The number of nitrogens with zero attached hydrogens (tertiary/aromatic N) is 3. The van der Waals surface area contributed by atoms with Crippen LogP contribution >= 0.6 is 0 Å². The zero-order valence-electron chi connectivity index (χ0n) is 12.5. The van der Waals surface area contributed by atoms with Crippen LogP contribution in [0.3, 0.4) is 0 Å². The van der Waals surface area contributed by atoms with Gasteiger partial charge in [0.2, 0.25) is 0 Å². The minimum Gasteiger partial charge on any atom is -0.353 e. The van der Waals surface area contributed by atoms with E-state index >= 15 is 0 Å². The van der Waals surface area contributed by atoms with Crippen LogP contribution < -0.4 is 10.6 Å². The van der Waals surface area contributed by atoms with E-state index in [1.807, 2.05) is 0 Å². The average Bonchev–Trinajstić information content (AvgIpc) is 2.94. The van der Waals surface area contributed by atoms with Crippen LogP contribution in [0.15, 0.2) is 6.33 Å². The van der Waals surface area contributed by atoms with Gasteiger partial charge < -0.3 is 10.6 Å². The van der Waals surface area contributed by atoms with E-state index in [1.54, 1.807) is 6.33 Å². The van der Waals surface area contributed by atoms with E-state index in [0.29, 0.717) is 12.1 Å². The van der Waals surface area contributed by atoms with Crippen LogP contribution in [0.1, 0.15) is 56.7 Å². The van der Waals surface area contributed by atoms with Crippen LogP contribution in [-0.2, 0) is 12.8 Å². The zero-order chi connectivity index (χ0) is 13.9. The molecule has 0 amide bonds. The number of hydrogen-bond donors (Lipinski definition) is 1. The second kappa shape index (κ2) is 6.08. The lowest BCUT2D eigenvalue weighted by atomic mass is 9.90. The number of nitrogens with two attached hydrogens (primary N) is 1. The fourth-order valence-corrected chi connectivity index (χ4v) is 3.71. The van der Waals surface area contributed by atoms with Crippen LogP contribution in [0, 0.1) is 0 Å². The quantitative estimate of drug-likeness (QED) is 0.916. The maximum Gasteiger partial charge on any atom is 0.135 e. The molecule has 4 heteroatoms. The van der Waals surface area contributed by atoms with Crippen molar-refractivity contribution in [3.8, 4) is 0 Å². The highest BCUT2D eigenvalue weighted by molar-refractivity contribution is 5.51. The molecule has 0 spiro atoms. The molecule has 1 saturated carbocycles. The van der Waals surface area contributed by atoms with Gasteiger partial charge in [0, 0.05) is 29.9 Å². The van der Waals surface area contributed by atoms with Crippen LogP contribution in [-0.4, -0.2) is 28.6 Å². The molecule has 110 valence electrons. The summed E-state index contributed by atoms with van der Waals surface area (Å²) in [7, 11) is 0. The van der Waals surface area contributed by atoms with Crippen LogP contribution in [0.5, 0.6) is 0 Å². The minimum atomic E-state index is 0.408. The Morgan fingerprint density at radius 2 is 2.00 bits per heavy atom. The van der Waals surface area contributed by atoms with Crippen LogP contribution in [0.4, 0.5) is 5.82 Å². The summed E-state index contributed by atoms with van der Waals surface area (Å²) >= 11 is 0. The molecule has 2 aliphatic rings. The van der Waals surface area contributed by atoms with Crippen molar-refractivity contribution in [2.24, 2.45) is 5.73 Å². The summed E-state index contributed by atoms with van der Waals surface area (Å²) < 4.78 is 0. The second-order valence-electron chi connectivity index (χ2n) is 6.24. The number of aromatic nitrogens is 2. The van der Waals surface area contributed by atoms with Crippen molar-refractivity contribution in [2.45, 2.75) is 70.4 Å². The van der Waals surface area contributed by atoms with Gasteiger partial charge in [0.1, 0.15) is 12.1 Å². The largest absolute Gasteiger partial charge is 0.353 e. The molecule has 1 heterocycles. The number of rotatable bonds is 4.